The summed E-state index contributed by atoms with van der Waals surface area (Å²) >= 11 is 0. The first-order chi connectivity index (χ1) is 10.9. The van der Waals surface area contributed by atoms with Gasteiger partial charge in [0.1, 0.15) is 24.4 Å². The van der Waals surface area contributed by atoms with Gasteiger partial charge in [0.15, 0.2) is 0 Å². The summed E-state index contributed by atoms with van der Waals surface area (Å²) in [5.41, 5.74) is 3.84. The Bertz CT molecular complexity index is 841. The summed E-state index contributed by atoms with van der Waals surface area (Å²) in [6.07, 6.45) is 3.32. The fourth-order valence-electron chi connectivity index (χ4n) is 3.63. The minimum atomic E-state index is 0.225. The van der Waals surface area contributed by atoms with Gasteiger partial charge < -0.3 is 4.74 Å². The molecule has 2 aromatic carbocycles. The number of aromatic nitrogens is 3. The largest absolute Gasteiger partial charge is 0.363 e. The van der Waals surface area contributed by atoms with E-state index in [1.54, 1.807) is 0 Å². The van der Waals surface area contributed by atoms with E-state index in [0.717, 1.165) is 17.9 Å². The van der Waals surface area contributed by atoms with E-state index in [1.165, 1.54) is 11.1 Å². The molecule has 1 aromatic heterocycles. The molecule has 2 unspecified atom stereocenters. The molecule has 1 aliphatic heterocycles. The van der Waals surface area contributed by atoms with Gasteiger partial charge in [0.05, 0.1) is 0 Å². The Hall–Kier alpha value is -2.46. The summed E-state index contributed by atoms with van der Waals surface area (Å²) in [5, 5.41) is 4.71. The molecular weight excluding hydrogens is 274 g/mol. The monoisotopic (exact) mass is 290 g/mol. The molecule has 0 amide bonds. The summed E-state index contributed by atoms with van der Waals surface area (Å²) in [4.78, 5) is 0. The molecule has 2 heterocycles. The lowest BCUT2D eigenvalue weighted by molar-refractivity contribution is -0.739. The van der Waals surface area contributed by atoms with Crippen molar-refractivity contribution in [2.45, 2.75) is 25.2 Å². The van der Waals surface area contributed by atoms with E-state index in [2.05, 4.69) is 47.3 Å². The summed E-state index contributed by atoms with van der Waals surface area (Å²) in [5.74, 6) is 0.988. The summed E-state index contributed by atoms with van der Waals surface area (Å²) in [7, 11) is 0. The van der Waals surface area contributed by atoms with Crippen LogP contribution in [0.5, 0.6) is 0 Å². The fraction of sp³-hybridized carbons (Fsp3) is 0.222. The molecule has 0 N–H and O–H groups in total. The van der Waals surface area contributed by atoms with Gasteiger partial charge in [-0.25, -0.2) is 4.57 Å². The second-order valence-corrected chi connectivity index (χ2v) is 5.92. The number of ether oxygens (including phenoxy) is 1. The molecule has 108 valence electrons. The van der Waals surface area contributed by atoms with E-state index in [1.807, 2.05) is 22.9 Å². The maximum atomic E-state index is 6.06. The van der Waals surface area contributed by atoms with Crippen molar-refractivity contribution >= 4 is 0 Å². The van der Waals surface area contributed by atoms with Crippen LogP contribution >= 0.6 is 0 Å². The zero-order chi connectivity index (χ0) is 14.5. The highest BCUT2D eigenvalue weighted by molar-refractivity contribution is 5.35. The Morgan fingerprint density at radius 1 is 1.05 bits per heavy atom. The molecule has 0 saturated heterocycles. The molecule has 4 heteroatoms. The van der Waals surface area contributed by atoms with E-state index < -0.39 is 0 Å². The number of hydrogen-bond acceptors (Lipinski definition) is 2. The normalized spacial score (nSPS) is 22.0. The third-order valence-corrected chi connectivity index (χ3v) is 4.65. The average Bonchev–Trinajstić information content (AvgIpc) is 3.16. The first kappa shape index (κ1) is 12.1. The van der Waals surface area contributed by atoms with Gasteiger partial charge in [-0.3, -0.25) is 0 Å². The summed E-state index contributed by atoms with van der Waals surface area (Å²) < 4.78 is 10.3. The SMILES string of the molecule is c1ccc(-n2c[n+]3c(n2)COC2Cc4ccccc4C23)cc1. The van der Waals surface area contributed by atoms with Gasteiger partial charge >= 0.3 is 5.82 Å². The van der Waals surface area contributed by atoms with Gasteiger partial charge in [-0.1, -0.05) is 47.1 Å². The van der Waals surface area contributed by atoms with Gasteiger partial charge in [0.2, 0.25) is 6.33 Å². The molecule has 3 aromatic rings. The first-order valence-electron chi connectivity index (χ1n) is 7.65. The van der Waals surface area contributed by atoms with Crippen molar-refractivity contribution in [3.8, 4) is 5.69 Å². The number of benzene rings is 2. The molecule has 5 rings (SSSR count). The highest BCUT2D eigenvalue weighted by Crippen LogP contribution is 2.35. The van der Waals surface area contributed by atoms with Crippen molar-refractivity contribution < 1.29 is 9.30 Å². The lowest BCUT2D eigenvalue weighted by atomic mass is 10.1. The van der Waals surface area contributed by atoms with Crippen molar-refractivity contribution in [3.05, 3.63) is 77.9 Å². The van der Waals surface area contributed by atoms with E-state index in [-0.39, 0.29) is 12.1 Å². The Balaban J connectivity index is 1.64. The standard InChI is InChI=1S/C18H16N3O/c1-2-7-14(8-3-1)21-12-20-17(19-21)11-22-16-10-13-6-4-5-9-15(13)18(16)20/h1-9,12,16,18H,10-11H2/q+1. The molecular formula is C18H16N3O+. The van der Waals surface area contributed by atoms with Crippen LogP contribution in [-0.4, -0.2) is 15.9 Å². The molecule has 1 aliphatic carbocycles. The number of hydrogen-bond donors (Lipinski definition) is 0. The van der Waals surface area contributed by atoms with Crippen molar-refractivity contribution in [3.63, 3.8) is 0 Å². The van der Waals surface area contributed by atoms with Gasteiger partial charge in [0, 0.05) is 11.5 Å². The quantitative estimate of drug-likeness (QED) is 0.643. The Morgan fingerprint density at radius 2 is 1.86 bits per heavy atom. The topological polar surface area (TPSA) is 30.9 Å². The van der Waals surface area contributed by atoms with Crippen LogP contribution in [0.1, 0.15) is 23.0 Å². The van der Waals surface area contributed by atoms with Crippen LogP contribution < -0.4 is 4.57 Å². The molecule has 0 bridgehead atoms. The summed E-state index contributed by atoms with van der Waals surface area (Å²) in [6, 6.07) is 19.1. The van der Waals surface area contributed by atoms with Crippen LogP contribution in [0, 0.1) is 0 Å². The van der Waals surface area contributed by atoms with Crippen molar-refractivity contribution in [1.82, 2.24) is 9.78 Å². The average molecular weight is 290 g/mol. The molecule has 4 nitrogen and oxygen atoms in total. The number of nitrogens with zero attached hydrogens (tertiary/aromatic N) is 3. The highest BCUT2D eigenvalue weighted by Gasteiger charge is 2.43. The van der Waals surface area contributed by atoms with E-state index in [4.69, 9.17) is 9.84 Å². The summed E-state index contributed by atoms with van der Waals surface area (Å²) in [6.45, 7) is 0.578. The number of rotatable bonds is 1. The minimum absolute atomic E-state index is 0.225. The third kappa shape index (κ3) is 1.67. The Morgan fingerprint density at radius 3 is 2.77 bits per heavy atom. The van der Waals surface area contributed by atoms with Gasteiger partial charge in [-0.05, 0) is 23.3 Å². The predicted octanol–water partition coefficient (Wildman–Crippen LogP) is 2.20. The lowest BCUT2D eigenvalue weighted by Gasteiger charge is -2.23. The highest BCUT2D eigenvalue weighted by atomic mass is 16.5. The van der Waals surface area contributed by atoms with E-state index in [0.29, 0.717) is 6.61 Å². The maximum Gasteiger partial charge on any atom is 0.304 e. The van der Waals surface area contributed by atoms with Gasteiger partial charge in [-0.2, -0.15) is 0 Å². The second-order valence-electron chi connectivity index (χ2n) is 5.92. The Labute approximate surface area is 128 Å². The second kappa shape index (κ2) is 4.52. The zero-order valence-corrected chi connectivity index (χ0v) is 12.1. The van der Waals surface area contributed by atoms with Crippen LogP contribution in [0.2, 0.25) is 0 Å². The lowest BCUT2D eigenvalue weighted by Crippen LogP contribution is -2.51. The van der Waals surface area contributed by atoms with Crippen molar-refractivity contribution in [2.24, 2.45) is 0 Å². The molecule has 2 aliphatic rings. The molecule has 0 spiro atoms. The molecule has 22 heavy (non-hydrogen) atoms. The minimum Gasteiger partial charge on any atom is -0.363 e. The predicted molar refractivity (Wildman–Crippen MR) is 80.6 cm³/mol. The first-order valence-corrected chi connectivity index (χ1v) is 7.65. The molecule has 0 radical (unpaired) electrons. The number of fused-ring (bicyclic) bond motifs is 5. The maximum absolute atomic E-state index is 6.06. The van der Waals surface area contributed by atoms with Gasteiger partial charge in [0.25, 0.3) is 0 Å². The van der Waals surface area contributed by atoms with Crippen molar-refractivity contribution in [1.29, 1.82) is 0 Å². The zero-order valence-electron chi connectivity index (χ0n) is 12.1. The Kier molecular flexibility index (Phi) is 2.49. The van der Waals surface area contributed by atoms with Crippen molar-refractivity contribution in [2.75, 3.05) is 0 Å². The van der Waals surface area contributed by atoms with Crippen LogP contribution in [-0.2, 0) is 17.8 Å². The van der Waals surface area contributed by atoms with E-state index in [9.17, 15) is 0 Å². The molecule has 0 saturated carbocycles. The smallest absolute Gasteiger partial charge is 0.304 e. The van der Waals surface area contributed by atoms with Crippen LogP contribution in [0.3, 0.4) is 0 Å². The van der Waals surface area contributed by atoms with Gasteiger partial charge in [-0.15, -0.1) is 0 Å². The molecule has 0 fully saturated rings. The number of para-hydroxylation sites is 1. The van der Waals surface area contributed by atoms with Crippen LogP contribution in [0.15, 0.2) is 60.9 Å². The molecule has 2 atom stereocenters. The van der Waals surface area contributed by atoms with E-state index >= 15 is 0 Å². The fourth-order valence-corrected chi connectivity index (χ4v) is 3.63. The van der Waals surface area contributed by atoms with Crippen LogP contribution in [0.25, 0.3) is 5.69 Å². The third-order valence-electron chi connectivity index (χ3n) is 4.65. The van der Waals surface area contributed by atoms with Crippen LogP contribution in [0.4, 0.5) is 0 Å².